The number of hydrogen-bond donors (Lipinski definition) is 1. The molecule has 2 aliphatic rings. The van der Waals surface area contributed by atoms with E-state index in [0.29, 0.717) is 0 Å². The molecule has 0 aromatic heterocycles. The first kappa shape index (κ1) is 10.0. The molecular weight excluding hydrogens is 196 g/mol. The standard InChI is InChI=1S/C14H20N2/c1-11-7-9-16(10-11)14-6-2-5-13-12(14)4-3-8-15-13/h2,5-6,11,15H,3-4,7-10H2,1H3. The van der Waals surface area contributed by atoms with Crippen LogP contribution >= 0.6 is 0 Å². The molecule has 2 heterocycles. The lowest BCUT2D eigenvalue weighted by atomic mass is 10.0. The molecule has 86 valence electrons. The van der Waals surface area contributed by atoms with Crippen LogP contribution in [0.25, 0.3) is 0 Å². The molecule has 2 nitrogen and oxygen atoms in total. The molecule has 1 N–H and O–H groups in total. The zero-order valence-electron chi connectivity index (χ0n) is 10.00. The summed E-state index contributed by atoms with van der Waals surface area (Å²) in [5, 5.41) is 3.51. The highest BCUT2D eigenvalue weighted by molar-refractivity contribution is 5.68. The molecule has 3 rings (SSSR count). The van der Waals surface area contributed by atoms with E-state index in [1.54, 1.807) is 5.56 Å². The van der Waals surface area contributed by atoms with Gasteiger partial charge in [-0.1, -0.05) is 13.0 Å². The lowest BCUT2D eigenvalue weighted by Gasteiger charge is -2.27. The maximum atomic E-state index is 3.51. The van der Waals surface area contributed by atoms with Gasteiger partial charge in [-0.25, -0.2) is 0 Å². The van der Waals surface area contributed by atoms with Gasteiger partial charge in [-0.3, -0.25) is 0 Å². The molecule has 0 saturated carbocycles. The van der Waals surface area contributed by atoms with Crippen molar-refractivity contribution in [1.29, 1.82) is 0 Å². The summed E-state index contributed by atoms with van der Waals surface area (Å²) < 4.78 is 0. The van der Waals surface area contributed by atoms with Crippen LogP contribution in [0.5, 0.6) is 0 Å². The fourth-order valence-electron chi connectivity index (χ4n) is 2.94. The molecule has 0 spiro atoms. The monoisotopic (exact) mass is 216 g/mol. The van der Waals surface area contributed by atoms with E-state index in [1.807, 2.05) is 0 Å². The summed E-state index contributed by atoms with van der Waals surface area (Å²) in [4.78, 5) is 2.57. The molecule has 0 amide bonds. The molecule has 0 radical (unpaired) electrons. The first-order chi connectivity index (χ1) is 7.84. The Bertz CT molecular complexity index is 386. The third kappa shape index (κ3) is 1.66. The second-order valence-corrected chi connectivity index (χ2v) is 5.17. The summed E-state index contributed by atoms with van der Waals surface area (Å²) in [5.41, 5.74) is 4.39. The van der Waals surface area contributed by atoms with Crippen LogP contribution in [0.4, 0.5) is 11.4 Å². The number of nitrogens with zero attached hydrogens (tertiary/aromatic N) is 1. The molecular formula is C14H20N2. The molecule has 1 aromatic carbocycles. The van der Waals surface area contributed by atoms with Gasteiger partial charge in [-0.2, -0.15) is 0 Å². The molecule has 2 aliphatic heterocycles. The Morgan fingerprint density at radius 3 is 3.12 bits per heavy atom. The van der Waals surface area contributed by atoms with Gasteiger partial charge in [0.1, 0.15) is 0 Å². The maximum Gasteiger partial charge on any atom is 0.0419 e. The number of hydrogen-bond acceptors (Lipinski definition) is 2. The summed E-state index contributed by atoms with van der Waals surface area (Å²) in [7, 11) is 0. The SMILES string of the molecule is CC1CCN(c2cccc3c2CCCN3)C1. The maximum absolute atomic E-state index is 3.51. The van der Waals surface area contributed by atoms with Crippen molar-refractivity contribution >= 4 is 11.4 Å². The van der Waals surface area contributed by atoms with Crippen molar-refractivity contribution in [1.82, 2.24) is 0 Å². The van der Waals surface area contributed by atoms with Crippen molar-refractivity contribution in [2.75, 3.05) is 29.9 Å². The minimum Gasteiger partial charge on any atom is -0.385 e. The van der Waals surface area contributed by atoms with E-state index in [4.69, 9.17) is 0 Å². The van der Waals surface area contributed by atoms with Crippen LogP contribution in [-0.4, -0.2) is 19.6 Å². The zero-order valence-corrected chi connectivity index (χ0v) is 10.00. The quantitative estimate of drug-likeness (QED) is 0.776. The minimum atomic E-state index is 0.854. The van der Waals surface area contributed by atoms with E-state index in [-0.39, 0.29) is 0 Å². The molecule has 1 unspecified atom stereocenters. The average molecular weight is 216 g/mol. The van der Waals surface area contributed by atoms with Gasteiger partial charge in [0.2, 0.25) is 0 Å². The van der Waals surface area contributed by atoms with Gasteiger partial charge in [0.15, 0.2) is 0 Å². The second kappa shape index (κ2) is 4.00. The molecule has 16 heavy (non-hydrogen) atoms. The Hall–Kier alpha value is -1.18. The summed E-state index contributed by atoms with van der Waals surface area (Å²) >= 11 is 0. The van der Waals surface area contributed by atoms with Crippen LogP contribution in [0, 0.1) is 5.92 Å². The predicted molar refractivity (Wildman–Crippen MR) is 69.2 cm³/mol. The minimum absolute atomic E-state index is 0.854. The molecule has 0 bridgehead atoms. The Labute approximate surface area is 97.6 Å². The summed E-state index contributed by atoms with van der Waals surface area (Å²) in [5.74, 6) is 0.854. The van der Waals surface area contributed by atoms with Crippen LogP contribution in [0.1, 0.15) is 25.3 Å². The van der Waals surface area contributed by atoms with Crippen LogP contribution in [-0.2, 0) is 6.42 Å². The Balaban J connectivity index is 1.94. The fourth-order valence-corrected chi connectivity index (χ4v) is 2.94. The van der Waals surface area contributed by atoms with Gasteiger partial charge < -0.3 is 10.2 Å². The van der Waals surface area contributed by atoms with E-state index in [1.165, 1.54) is 43.7 Å². The topological polar surface area (TPSA) is 15.3 Å². The molecule has 0 aliphatic carbocycles. The molecule has 1 atom stereocenters. The lowest BCUT2D eigenvalue weighted by Crippen LogP contribution is -2.23. The third-order valence-corrected chi connectivity index (χ3v) is 3.83. The normalized spacial score (nSPS) is 24.1. The van der Waals surface area contributed by atoms with Crippen molar-refractivity contribution in [2.45, 2.75) is 26.2 Å². The van der Waals surface area contributed by atoms with E-state index in [2.05, 4.69) is 35.3 Å². The van der Waals surface area contributed by atoms with Gasteiger partial charge in [-0.15, -0.1) is 0 Å². The average Bonchev–Trinajstić information content (AvgIpc) is 2.75. The predicted octanol–water partition coefficient (Wildman–Crippen LogP) is 2.89. The van der Waals surface area contributed by atoms with Crippen molar-refractivity contribution in [3.63, 3.8) is 0 Å². The summed E-state index contributed by atoms with van der Waals surface area (Å²) in [6, 6.07) is 6.71. The molecule has 1 saturated heterocycles. The van der Waals surface area contributed by atoms with E-state index < -0.39 is 0 Å². The third-order valence-electron chi connectivity index (χ3n) is 3.83. The highest BCUT2D eigenvalue weighted by Crippen LogP contribution is 2.34. The molecule has 1 aromatic rings. The number of rotatable bonds is 1. The van der Waals surface area contributed by atoms with E-state index >= 15 is 0 Å². The Kier molecular flexibility index (Phi) is 2.50. The number of benzene rings is 1. The summed E-state index contributed by atoms with van der Waals surface area (Å²) in [6.07, 6.45) is 3.86. The van der Waals surface area contributed by atoms with E-state index in [0.717, 1.165) is 12.5 Å². The van der Waals surface area contributed by atoms with Crippen molar-refractivity contribution in [2.24, 2.45) is 5.92 Å². The van der Waals surface area contributed by atoms with Gasteiger partial charge in [0.05, 0.1) is 0 Å². The number of anilines is 2. The van der Waals surface area contributed by atoms with Crippen molar-refractivity contribution in [3.05, 3.63) is 23.8 Å². The fraction of sp³-hybridized carbons (Fsp3) is 0.571. The zero-order chi connectivity index (χ0) is 11.0. The molecule has 2 heteroatoms. The molecule has 1 fully saturated rings. The highest BCUT2D eigenvalue weighted by Gasteiger charge is 2.22. The highest BCUT2D eigenvalue weighted by atomic mass is 15.2. The largest absolute Gasteiger partial charge is 0.385 e. The number of nitrogens with one attached hydrogen (secondary N) is 1. The Morgan fingerprint density at radius 1 is 1.38 bits per heavy atom. The van der Waals surface area contributed by atoms with Gasteiger partial charge in [-0.05, 0) is 42.9 Å². The first-order valence-corrected chi connectivity index (χ1v) is 6.45. The van der Waals surface area contributed by atoms with E-state index in [9.17, 15) is 0 Å². The van der Waals surface area contributed by atoms with Gasteiger partial charge in [0.25, 0.3) is 0 Å². The lowest BCUT2D eigenvalue weighted by molar-refractivity contribution is 0.659. The summed E-state index contributed by atoms with van der Waals surface area (Å²) in [6.45, 7) is 5.95. The Morgan fingerprint density at radius 2 is 2.31 bits per heavy atom. The van der Waals surface area contributed by atoms with Gasteiger partial charge >= 0.3 is 0 Å². The smallest absolute Gasteiger partial charge is 0.0419 e. The van der Waals surface area contributed by atoms with Crippen LogP contribution in [0.3, 0.4) is 0 Å². The number of fused-ring (bicyclic) bond motifs is 1. The van der Waals surface area contributed by atoms with Gasteiger partial charge in [0, 0.05) is 31.0 Å². The van der Waals surface area contributed by atoms with Crippen molar-refractivity contribution < 1.29 is 0 Å². The van der Waals surface area contributed by atoms with Crippen molar-refractivity contribution in [3.8, 4) is 0 Å². The van der Waals surface area contributed by atoms with Crippen LogP contribution < -0.4 is 10.2 Å². The second-order valence-electron chi connectivity index (χ2n) is 5.17. The van der Waals surface area contributed by atoms with Crippen LogP contribution in [0.15, 0.2) is 18.2 Å². The van der Waals surface area contributed by atoms with Crippen LogP contribution in [0.2, 0.25) is 0 Å². The first-order valence-electron chi connectivity index (χ1n) is 6.45.